The Kier molecular flexibility index (Phi) is 19.0. The van der Waals surface area contributed by atoms with Crippen molar-refractivity contribution in [2.75, 3.05) is 75.1 Å². The number of ether oxygens (including phenoxy) is 1. The molecule has 0 bridgehead atoms. The van der Waals surface area contributed by atoms with Crippen molar-refractivity contribution in [3.63, 3.8) is 0 Å². The topological polar surface area (TPSA) is 170 Å². The van der Waals surface area contributed by atoms with Gasteiger partial charge in [-0.25, -0.2) is 26.1 Å². The lowest BCUT2D eigenvalue weighted by Crippen LogP contribution is -2.39. The lowest BCUT2D eigenvalue weighted by molar-refractivity contribution is -0.0436. The summed E-state index contributed by atoms with van der Waals surface area (Å²) in [5, 5.41) is 3.56. The number of rotatable bonds is 22. The van der Waals surface area contributed by atoms with Gasteiger partial charge in [-0.2, -0.15) is 13.2 Å². The Hall–Kier alpha value is -4.47. The second-order valence-electron chi connectivity index (χ2n) is 17.0. The second-order valence-corrected chi connectivity index (χ2v) is 23.8. The van der Waals surface area contributed by atoms with Crippen LogP contribution >= 0.6 is 31.2 Å². The molecule has 7 rings (SSSR count). The van der Waals surface area contributed by atoms with Gasteiger partial charge in [-0.3, -0.25) is 23.3 Å². The van der Waals surface area contributed by atoms with Gasteiger partial charge < -0.3 is 15.0 Å². The van der Waals surface area contributed by atoms with Crippen LogP contribution in [0.25, 0.3) is 11.1 Å². The van der Waals surface area contributed by atoms with Gasteiger partial charge in [0.2, 0.25) is 0 Å². The summed E-state index contributed by atoms with van der Waals surface area (Å²) in [6, 6.07) is 32.3. The van der Waals surface area contributed by atoms with E-state index < -0.39 is 66.7 Å². The molecule has 2 aliphatic rings. The van der Waals surface area contributed by atoms with Crippen molar-refractivity contribution in [1.82, 2.24) is 9.62 Å². The van der Waals surface area contributed by atoms with Crippen LogP contribution in [0.4, 0.5) is 24.5 Å². The number of benzene rings is 5. The zero-order valence-electron chi connectivity index (χ0n) is 39.6. The van der Waals surface area contributed by atoms with Gasteiger partial charge in [-0.05, 0) is 122 Å². The third-order valence-electron chi connectivity index (χ3n) is 12.2. The van der Waals surface area contributed by atoms with E-state index in [2.05, 4.69) is 15.1 Å². The fourth-order valence-electron chi connectivity index (χ4n) is 8.54. The number of halogens is 4. The van der Waals surface area contributed by atoms with Crippen molar-refractivity contribution >= 4 is 68.3 Å². The highest BCUT2D eigenvalue weighted by Crippen LogP contribution is 2.56. The number of sulfone groups is 1. The summed E-state index contributed by atoms with van der Waals surface area (Å²) in [6.07, 6.45) is 0.892. The van der Waals surface area contributed by atoms with Crippen molar-refractivity contribution in [2.24, 2.45) is 5.92 Å². The van der Waals surface area contributed by atoms with Crippen LogP contribution in [-0.4, -0.2) is 104 Å². The number of phosphoric acid groups is 1. The SMILES string of the molecule is CCOP(=O)(OCC)OC(c1ccccc1-c1ccc(Cl)cc1)C1CCN(c2ccc(C(=O)NS(=O)(=O)c3ccc(NC(CCN4CCOCC4)CSc4ccccc4)c(S(=O)(=O)C(F)(F)F)c3)cc2)CC1. The lowest BCUT2D eigenvalue weighted by atomic mass is 9.84. The molecule has 1 amide bonds. The zero-order valence-corrected chi connectivity index (χ0v) is 43.7. The second kappa shape index (κ2) is 24.7. The van der Waals surface area contributed by atoms with Crippen LogP contribution in [0.5, 0.6) is 0 Å². The van der Waals surface area contributed by atoms with E-state index in [9.17, 15) is 39.4 Å². The number of hydrogen-bond donors (Lipinski definition) is 2. The minimum atomic E-state index is -6.10. The van der Waals surface area contributed by atoms with Gasteiger partial charge >= 0.3 is 13.3 Å². The van der Waals surface area contributed by atoms with E-state index >= 15 is 0 Å². The number of carbonyl (C=O) groups is 1. The number of morpholine rings is 1. The smallest absolute Gasteiger partial charge is 0.380 e. The van der Waals surface area contributed by atoms with Gasteiger partial charge in [0, 0.05) is 65.7 Å². The lowest BCUT2D eigenvalue weighted by Gasteiger charge is -2.38. The molecule has 14 nitrogen and oxygen atoms in total. The number of amides is 1. The largest absolute Gasteiger partial charge is 0.501 e. The number of hydrogen-bond acceptors (Lipinski definition) is 14. The maximum atomic E-state index is 14.3. The number of phosphoric ester groups is 1. The highest BCUT2D eigenvalue weighted by molar-refractivity contribution is 7.99. The molecule has 2 atom stereocenters. The maximum absolute atomic E-state index is 14.3. The molecule has 2 fully saturated rings. The van der Waals surface area contributed by atoms with Crippen molar-refractivity contribution in [1.29, 1.82) is 0 Å². The van der Waals surface area contributed by atoms with Crippen LogP contribution in [0.2, 0.25) is 5.02 Å². The summed E-state index contributed by atoms with van der Waals surface area (Å²) >= 11 is 7.64. The van der Waals surface area contributed by atoms with Crippen molar-refractivity contribution < 1.29 is 57.7 Å². The van der Waals surface area contributed by atoms with Crippen LogP contribution in [-0.2, 0) is 42.7 Å². The molecule has 0 aromatic heterocycles. The molecule has 2 saturated heterocycles. The molecule has 5 aromatic rings. The standard InChI is InChI=1S/C50H57ClF3N4O10PS3/c1-3-66-69(60,67-4-2)68-48(45-13-9-8-12-44(45)36-14-18-39(51)19-15-36)37-24-28-58(29-25-37)41-20-16-38(17-21-41)49(59)56-72(63,64)43-22-23-46(47(34-43)71(61,62)50(52,53)54)55-40(26-27-57-30-32-65-33-31-57)35-70-42-10-6-5-7-11-42/h5-23,34,37,40,48,55H,3-4,24-33,35H2,1-2H3,(H,56,59). The molecule has 0 aliphatic carbocycles. The first kappa shape index (κ1) is 55.3. The number of anilines is 2. The predicted molar refractivity (Wildman–Crippen MR) is 274 cm³/mol. The van der Waals surface area contributed by atoms with E-state index in [0.717, 1.165) is 39.4 Å². The van der Waals surface area contributed by atoms with Crippen molar-refractivity contribution in [3.05, 3.63) is 137 Å². The molecule has 72 heavy (non-hydrogen) atoms. The zero-order chi connectivity index (χ0) is 51.5. The van der Waals surface area contributed by atoms with Gasteiger partial charge in [0.15, 0.2) is 0 Å². The van der Waals surface area contributed by atoms with Crippen LogP contribution in [0.15, 0.2) is 136 Å². The summed E-state index contributed by atoms with van der Waals surface area (Å²) < 4.78 is 135. The molecule has 2 unspecified atom stereocenters. The highest BCUT2D eigenvalue weighted by Gasteiger charge is 2.48. The number of sulfonamides is 1. The number of carbonyl (C=O) groups excluding carboxylic acids is 1. The molecule has 5 aromatic carbocycles. The average Bonchev–Trinajstić information content (AvgIpc) is 3.37. The minimum absolute atomic E-state index is 0.0764. The fourth-order valence-corrected chi connectivity index (χ4v) is 13.1. The van der Waals surface area contributed by atoms with Gasteiger partial charge in [0.25, 0.3) is 25.8 Å². The van der Waals surface area contributed by atoms with Crippen LogP contribution < -0.4 is 14.9 Å². The highest BCUT2D eigenvalue weighted by atomic mass is 35.5. The van der Waals surface area contributed by atoms with E-state index in [1.54, 1.807) is 38.1 Å². The molecule has 2 N–H and O–H groups in total. The van der Waals surface area contributed by atoms with Gasteiger partial charge in [0.1, 0.15) is 4.90 Å². The molecule has 2 aliphatic heterocycles. The third-order valence-corrected chi connectivity index (χ3v) is 18.2. The molecule has 388 valence electrons. The van der Waals surface area contributed by atoms with Crippen LogP contribution in [0, 0.1) is 5.92 Å². The summed E-state index contributed by atoms with van der Waals surface area (Å²) in [5.74, 6) is -0.885. The Balaban J connectivity index is 1.06. The van der Waals surface area contributed by atoms with Gasteiger partial charge in [0.05, 0.1) is 43.1 Å². The van der Waals surface area contributed by atoms with Crippen LogP contribution in [0.3, 0.4) is 0 Å². The maximum Gasteiger partial charge on any atom is 0.501 e. The number of nitrogens with one attached hydrogen (secondary N) is 2. The Morgan fingerprint density at radius 2 is 1.49 bits per heavy atom. The first-order chi connectivity index (χ1) is 34.4. The number of thioether (sulfide) groups is 1. The summed E-state index contributed by atoms with van der Waals surface area (Å²) in [4.78, 5) is 16.4. The van der Waals surface area contributed by atoms with E-state index in [1.165, 1.54) is 23.9 Å². The summed E-state index contributed by atoms with van der Waals surface area (Å²) in [7, 11) is -15.0. The molecule has 0 radical (unpaired) electrons. The van der Waals surface area contributed by atoms with E-state index in [1.807, 2.05) is 71.5 Å². The van der Waals surface area contributed by atoms with E-state index in [-0.39, 0.29) is 24.7 Å². The number of piperidine rings is 1. The molecule has 0 spiro atoms. The Morgan fingerprint density at radius 1 is 0.847 bits per heavy atom. The molecular formula is C50H57ClF3N4O10PS3. The monoisotopic (exact) mass is 1090 g/mol. The van der Waals surface area contributed by atoms with Gasteiger partial charge in [-0.1, -0.05) is 66.2 Å². The molecule has 22 heteroatoms. The first-order valence-electron chi connectivity index (χ1n) is 23.4. The summed E-state index contributed by atoms with van der Waals surface area (Å²) in [5.41, 5.74) is -3.01. The quantitative estimate of drug-likeness (QED) is 0.0496. The first-order valence-corrected chi connectivity index (χ1v) is 29.2. The van der Waals surface area contributed by atoms with Crippen molar-refractivity contribution in [3.8, 4) is 11.1 Å². The fraction of sp³-hybridized carbons (Fsp3) is 0.380. The van der Waals surface area contributed by atoms with E-state index in [0.29, 0.717) is 82.0 Å². The summed E-state index contributed by atoms with van der Waals surface area (Å²) in [6.45, 7) is 7.59. The normalized spacial score (nSPS) is 16.3. The minimum Gasteiger partial charge on any atom is -0.380 e. The molecule has 2 heterocycles. The number of alkyl halides is 3. The molecular weight excluding hydrogens is 1040 g/mol. The van der Waals surface area contributed by atoms with Crippen molar-refractivity contribution in [2.45, 2.75) is 65.5 Å². The molecule has 0 saturated carbocycles. The Bertz CT molecular complexity index is 2870. The predicted octanol–water partition coefficient (Wildman–Crippen LogP) is 10.9. The van der Waals surface area contributed by atoms with Crippen LogP contribution in [0.1, 0.15) is 55.1 Å². The average molecular weight is 1090 g/mol. The van der Waals surface area contributed by atoms with Gasteiger partial charge in [-0.15, -0.1) is 11.8 Å². The van der Waals surface area contributed by atoms with E-state index in [4.69, 9.17) is 29.9 Å². The Labute approximate surface area is 428 Å². The number of nitrogens with zero attached hydrogens (tertiary/aromatic N) is 2. The third kappa shape index (κ3) is 14.2. The Morgan fingerprint density at radius 3 is 2.12 bits per heavy atom.